The lowest BCUT2D eigenvalue weighted by Crippen LogP contribution is -2.38. The number of nitrogens with one attached hydrogen (secondary N) is 2. The minimum atomic E-state index is 0. The Morgan fingerprint density at radius 3 is 2.62 bits per heavy atom. The van der Waals surface area contributed by atoms with Gasteiger partial charge in [0.25, 0.3) is 0 Å². The molecule has 156 valence electrons. The van der Waals surface area contributed by atoms with Gasteiger partial charge in [0.15, 0.2) is 5.96 Å². The number of para-hydroxylation sites is 2. The second-order valence-electron chi connectivity index (χ2n) is 6.33. The molecule has 3 aromatic rings. The Labute approximate surface area is 188 Å². The van der Waals surface area contributed by atoms with Crippen molar-refractivity contribution in [2.75, 3.05) is 27.8 Å². The van der Waals surface area contributed by atoms with Crippen LogP contribution < -0.4 is 20.1 Å². The van der Waals surface area contributed by atoms with Crippen molar-refractivity contribution in [2.24, 2.45) is 4.99 Å². The zero-order valence-corrected chi connectivity index (χ0v) is 19.6. The maximum absolute atomic E-state index is 5.45. The zero-order valence-electron chi connectivity index (χ0n) is 17.2. The maximum Gasteiger partial charge on any atom is 0.191 e. The first kappa shape index (κ1) is 22.8. The molecule has 0 aliphatic carbocycles. The number of imidazole rings is 1. The fourth-order valence-electron chi connectivity index (χ4n) is 3.16. The fraction of sp³-hybridized carbons (Fsp3) is 0.333. The molecule has 8 heteroatoms. The quantitative estimate of drug-likeness (QED) is 0.291. The average Bonchev–Trinajstić information content (AvgIpc) is 3.05. The van der Waals surface area contributed by atoms with E-state index in [0.29, 0.717) is 6.54 Å². The lowest BCUT2D eigenvalue weighted by molar-refractivity contribution is 0.390. The average molecular weight is 509 g/mol. The number of hydrogen-bond acceptors (Lipinski definition) is 4. The van der Waals surface area contributed by atoms with E-state index in [-0.39, 0.29) is 24.0 Å². The van der Waals surface area contributed by atoms with E-state index in [0.717, 1.165) is 53.0 Å². The standard InChI is InChI=1S/C21H27N5O2.HI/c1-15-25-18-7-5-6-8-19(18)26(15)12-11-23-21(22-2)24-14-16-9-10-17(27-3)13-20(16)28-4;/h5-10,13H,11-12,14H2,1-4H3,(H2,22,23,24);1H. The molecule has 3 rings (SSSR count). The summed E-state index contributed by atoms with van der Waals surface area (Å²) < 4.78 is 12.9. The van der Waals surface area contributed by atoms with E-state index < -0.39 is 0 Å². The van der Waals surface area contributed by atoms with Crippen molar-refractivity contribution in [3.8, 4) is 11.5 Å². The van der Waals surface area contributed by atoms with Gasteiger partial charge in [-0.05, 0) is 31.2 Å². The summed E-state index contributed by atoms with van der Waals surface area (Å²) in [7, 11) is 5.06. The Morgan fingerprint density at radius 2 is 1.90 bits per heavy atom. The predicted molar refractivity (Wildman–Crippen MR) is 128 cm³/mol. The van der Waals surface area contributed by atoms with Gasteiger partial charge in [0.2, 0.25) is 0 Å². The predicted octanol–water partition coefficient (Wildman–Crippen LogP) is 3.35. The number of guanidine groups is 1. The number of rotatable bonds is 7. The van der Waals surface area contributed by atoms with Crippen molar-refractivity contribution in [2.45, 2.75) is 20.0 Å². The monoisotopic (exact) mass is 509 g/mol. The van der Waals surface area contributed by atoms with Gasteiger partial charge in [-0.3, -0.25) is 4.99 Å². The number of aryl methyl sites for hydroxylation is 1. The SMILES string of the molecule is CN=C(NCCn1c(C)nc2ccccc21)NCc1ccc(OC)cc1OC.I. The second kappa shape index (κ2) is 10.9. The van der Waals surface area contributed by atoms with E-state index >= 15 is 0 Å². The summed E-state index contributed by atoms with van der Waals surface area (Å²) in [5.74, 6) is 3.29. The molecule has 0 saturated carbocycles. The summed E-state index contributed by atoms with van der Waals surface area (Å²) in [6.45, 7) is 4.17. The number of halogens is 1. The summed E-state index contributed by atoms with van der Waals surface area (Å²) in [6, 6.07) is 14.0. The lowest BCUT2D eigenvalue weighted by atomic mass is 10.2. The molecule has 0 radical (unpaired) electrons. The van der Waals surface area contributed by atoms with Gasteiger partial charge < -0.3 is 24.7 Å². The molecule has 0 unspecified atom stereocenters. The summed E-state index contributed by atoms with van der Waals surface area (Å²) >= 11 is 0. The number of ether oxygens (including phenoxy) is 2. The van der Waals surface area contributed by atoms with Crippen molar-refractivity contribution in [3.63, 3.8) is 0 Å². The number of nitrogens with zero attached hydrogens (tertiary/aromatic N) is 3. The fourth-order valence-corrected chi connectivity index (χ4v) is 3.16. The van der Waals surface area contributed by atoms with Crippen LogP contribution in [-0.2, 0) is 13.1 Å². The molecule has 2 aromatic carbocycles. The van der Waals surface area contributed by atoms with Crippen LogP contribution in [0.5, 0.6) is 11.5 Å². The van der Waals surface area contributed by atoms with E-state index in [1.807, 2.05) is 43.3 Å². The highest BCUT2D eigenvalue weighted by molar-refractivity contribution is 14.0. The van der Waals surface area contributed by atoms with E-state index in [1.165, 1.54) is 0 Å². The van der Waals surface area contributed by atoms with Crippen LogP contribution in [0.15, 0.2) is 47.5 Å². The van der Waals surface area contributed by atoms with Crippen molar-refractivity contribution in [1.82, 2.24) is 20.2 Å². The van der Waals surface area contributed by atoms with Crippen LogP contribution in [0, 0.1) is 6.92 Å². The number of hydrogen-bond donors (Lipinski definition) is 2. The van der Waals surface area contributed by atoms with Crippen molar-refractivity contribution in [1.29, 1.82) is 0 Å². The van der Waals surface area contributed by atoms with Gasteiger partial charge in [-0.25, -0.2) is 4.98 Å². The molecule has 0 aliphatic rings. The van der Waals surface area contributed by atoms with Gasteiger partial charge in [-0.2, -0.15) is 0 Å². The number of aliphatic imine (C=N–C) groups is 1. The Hall–Kier alpha value is -2.49. The van der Waals surface area contributed by atoms with Crippen LogP contribution in [0.1, 0.15) is 11.4 Å². The molecule has 0 amide bonds. The molecule has 0 spiro atoms. The van der Waals surface area contributed by atoms with Crippen LogP contribution in [0.25, 0.3) is 11.0 Å². The second-order valence-corrected chi connectivity index (χ2v) is 6.33. The molecular weight excluding hydrogens is 481 g/mol. The minimum absolute atomic E-state index is 0. The third kappa shape index (κ3) is 5.53. The highest BCUT2D eigenvalue weighted by Crippen LogP contribution is 2.24. The van der Waals surface area contributed by atoms with Crippen LogP contribution >= 0.6 is 24.0 Å². The minimum Gasteiger partial charge on any atom is -0.497 e. The van der Waals surface area contributed by atoms with Crippen LogP contribution in [0.2, 0.25) is 0 Å². The Kier molecular flexibility index (Phi) is 8.56. The first-order chi connectivity index (χ1) is 13.7. The zero-order chi connectivity index (χ0) is 19.9. The maximum atomic E-state index is 5.45. The molecule has 1 heterocycles. The van der Waals surface area contributed by atoms with Crippen LogP contribution in [0.4, 0.5) is 0 Å². The summed E-state index contributed by atoms with van der Waals surface area (Å²) in [5.41, 5.74) is 3.20. The highest BCUT2D eigenvalue weighted by Gasteiger charge is 2.08. The molecule has 1 aromatic heterocycles. The van der Waals surface area contributed by atoms with Gasteiger partial charge in [0, 0.05) is 38.3 Å². The van der Waals surface area contributed by atoms with Gasteiger partial charge in [0.1, 0.15) is 17.3 Å². The third-order valence-electron chi connectivity index (χ3n) is 4.64. The van der Waals surface area contributed by atoms with Crippen LogP contribution in [0.3, 0.4) is 0 Å². The largest absolute Gasteiger partial charge is 0.497 e. The smallest absolute Gasteiger partial charge is 0.191 e. The molecule has 0 saturated heterocycles. The molecule has 7 nitrogen and oxygen atoms in total. The summed E-state index contributed by atoms with van der Waals surface area (Å²) in [5, 5.41) is 6.68. The van der Waals surface area contributed by atoms with Crippen molar-refractivity contribution < 1.29 is 9.47 Å². The molecule has 2 N–H and O–H groups in total. The normalized spacial score (nSPS) is 11.1. The number of methoxy groups -OCH3 is 2. The Balaban J connectivity index is 0.00000300. The first-order valence-corrected chi connectivity index (χ1v) is 9.23. The topological polar surface area (TPSA) is 72.7 Å². The molecule has 0 bridgehead atoms. The Morgan fingerprint density at radius 1 is 1.10 bits per heavy atom. The van der Waals surface area contributed by atoms with Crippen LogP contribution in [-0.4, -0.2) is 43.3 Å². The van der Waals surface area contributed by atoms with Crippen molar-refractivity contribution >= 4 is 41.0 Å². The third-order valence-corrected chi connectivity index (χ3v) is 4.64. The molecule has 0 atom stereocenters. The molecular formula is C21H28IN5O2. The number of benzene rings is 2. The van der Waals surface area contributed by atoms with Gasteiger partial charge in [-0.15, -0.1) is 24.0 Å². The Bertz CT molecular complexity index is 971. The number of aromatic nitrogens is 2. The highest BCUT2D eigenvalue weighted by atomic mass is 127. The van der Waals surface area contributed by atoms with E-state index in [2.05, 4.69) is 31.2 Å². The lowest BCUT2D eigenvalue weighted by Gasteiger charge is -2.15. The van der Waals surface area contributed by atoms with Gasteiger partial charge in [-0.1, -0.05) is 12.1 Å². The molecule has 0 aliphatic heterocycles. The van der Waals surface area contributed by atoms with Gasteiger partial charge in [0.05, 0.1) is 25.3 Å². The summed E-state index contributed by atoms with van der Waals surface area (Å²) in [6.07, 6.45) is 0. The van der Waals surface area contributed by atoms with Gasteiger partial charge >= 0.3 is 0 Å². The van der Waals surface area contributed by atoms with E-state index in [4.69, 9.17) is 9.47 Å². The summed E-state index contributed by atoms with van der Waals surface area (Å²) in [4.78, 5) is 8.91. The van der Waals surface area contributed by atoms with E-state index in [1.54, 1.807) is 21.3 Å². The van der Waals surface area contributed by atoms with E-state index in [9.17, 15) is 0 Å². The van der Waals surface area contributed by atoms with Crippen molar-refractivity contribution in [3.05, 3.63) is 53.9 Å². The molecule has 0 fully saturated rings. The first-order valence-electron chi connectivity index (χ1n) is 9.23. The number of fused-ring (bicyclic) bond motifs is 1. The molecule has 29 heavy (non-hydrogen) atoms.